The Balaban J connectivity index is 1.37. The molecule has 2 aliphatic rings. The van der Waals surface area contributed by atoms with E-state index in [0.717, 1.165) is 64.5 Å². The van der Waals surface area contributed by atoms with E-state index in [1.165, 1.54) is 4.80 Å². The summed E-state index contributed by atoms with van der Waals surface area (Å²) in [5, 5.41) is 9.47. The Labute approximate surface area is 170 Å². The van der Waals surface area contributed by atoms with Gasteiger partial charge in [0.05, 0.1) is 24.6 Å². The van der Waals surface area contributed by atoms with E-state index >= 15 is 0 Å². The van der Waals surface area contributed by atoms with Gasteiger partial charge in [-0.1, -0.05) is 17.7 Å². The van der Waals surface area contributed by atoms with E-state index in [-0.39, 0.29) is 5.91 Å². The predicted molar refractivity (Wildman–Crippen MR) is 107 cm³/mol. The molecule has 0 radical (unpaired) electrons. The second-order valence-corrected chi connectivity index (χ2v) is 7.99. The molecular weight excluding hydrogens is 378 g/mol. The van der Waals surface area contributed by atoms with Crippen LogP contribution in [-0.2, 0) is 4.74 Å². The average Bonchev–Trinajstić information content (AvgIpc) is 3.10. The van der Waals surface area contributed by atoms with Crippen LogP contribution in [0.5, 0.6) is 0 Å². The molecule has 3 heterocycles. The zero-order valence-corrected chi connectivity index (χ0v) is 16.9. The van der Waals surface area contributed by atoms with E-state index in [2.05, 4.69) is 15.1 Å². The normalized spacial score (nSPS) is 19.1. The van der Waals surface area contributed by atoms with Gasteiger partial charge in [0.1, 0.15) is 0 Å². The Morgan fingerprint density at radius 2 is 1.93 bits per heavy atom. The summed E-state index contributed by atoms with van der Waals surface area (Å²) in [5.41, 5.74) is 1.81. The monoisotopic (exact) mass is 403 g/mol. The molecule has 0 saturated carbocycles. The van der Waals surface area contributed by atoms with E-state index in [9.17, 15) is 4.79 Å². The number of piperidine rings is 1. The summed E-state index contributed by atoms with van der Waals surface area (Å²) in [6.07, 6.45) is 2.06. The second-order valence-electron chi connectivity index (χ2n) is 7.55. The molecule has 0 aliphatic carbocycles. The van der Waals surface area contributed by atoms with E-state index in [0.29, 0.717) is 22.3 Å². The largest absolute Gasteiger partial charge is 0.379 e. The topological polar surface area (TPSA) is 63.5 Å². The Hall–Kier alpha value is -1.96. The second kappa shape index (κ2) is 8.59. The first-order chi connectivity index (χ1) is 13.6. The van der Waals surface area contributed by atoms with Crippen LogP contribution in [0.25, 0.3) is 5.69 Å². The summed E-state index contributed by atoms with van der Waals surface area (Å²) in [6, 6.07) is 7.30. The van der Waals surface area contributed by atoms with Gasteiger partial charge in [-0.2, -0.15) is 9.90 Å². The van der Waals surface area contributed by atoms with Crippen molar-refractivity contribution in [1.29, 1.82) is 0 Å². The molecule has 150 valence electrons. The maximum atomic E-state index is 13.0. The number of halogens is 1. The van der Waals surface area contributed by atoms with Crippen LogP contribution < -0.4 is 0 Å². The highest BCUT2D eigenvalue weighted by Gasteiger charge is 2.28. The standard InChI is InChI=1S/C20H26ClN5O2/c1-15-19(23-26(22-15)18-4-2-3-17(21)13-18)20(27)25-7-5-16(6-8-25)14-24-9-11-28-12-10-24/h2-4,13,16H,5-12,14H2,1H3. The molecule has 1 aromatic carbocycles. The van der Waals surface area contributed by atoms with Gasteiger partial charge in [0.2, 0.25) is 0 Å². The molecule has 2 fully saturated rings. The fraction of sp³-hybridized carbons (Fsp3) is 0.550. The SMILES string of the molecule is Cc1nn(-c2cccc(Cl)c2)nc1C(=O)N1CCC(CN2CCOCC2)CC1. The zero-order chi connectivity index (χ0) is 19.5. The number of hydrogen-bond acceptors (Lipinski definition) is 5. The number of rotatable bonds is 4. The molecule has 1 amide bonds. The van der Waals surface area contributed by atoms with E-state index in [1.54, 1.807) is 12.1 Å². The molecule has 2 aromatic rings. The lowest BCUT2D eigenvalue weighted by Crippen LogP contribution is -2.44. The Bertz CT molecular complexity index is 826. The van der Waals surface area contributed by atoms with Gasteiger partial charge < -0.3 is 9.64 Å². The molecular formula is C20H26ClN5O2. The lowest BCUT2D eigenvalue weighted by atomic mass is 9.95. The van der Waals surface area contributed by atoms with Crippen LogP contribution in [0.1, 0.15) is 29.0 Å². The van der Waals surface area contributed by atoms with Gasteiger partial charge in [0.15, 0.2) is 5.69 Å². The number of likely N-dealkylation sites (tertiary alicyclic amines) is 1. The van der Waals surface area contributed by atoms with Crippen molar-refractivity contribution in [3.63, 3.8) is 0 Å². The van der Waals surface area contributed by atoms with Crippen molar-refractivity contribution in [1.82, 2.24) is 24.8 Å². The summed E-state index contributed by atoms with van der Waals surface area (Å²) < 4.78 is 5.42. The molecule has 0 unspecified atom stereocenters. The highest BCUT2D eigenvalue weighted by atomic mass is 35.5. The third kappa shape index (κ3) is 4.37. The third-order valence-electron chi connectivity index (χ3n) is 5.55. The number of hydrogen-bond donors (Lipinski definition) is 0. The Kier molecular flexibility index (Phi) is 5.94. The van der Waals surface area contributed by atoms with Gasteiger partial charge in [-0.05, 0) is 43.9 Å². The molecule has 0 bridgehead atoms. The summed E-state index contributed by atoms with van der Waals surface area (Å²) in [4.78, 5) is 18.9. The first-order valence-electron chi connectivity index (χ1n) is 9.89. The minimum absolute atomic E-state index is 0.0319. The van der Waals surface area contributed by atoms with Gasteiger partial charge in [-0.15, -0.1) is 5.10 Å². The van der Waals surface area contributed by atoms with Crippen molar-refractivity contribution in [2.75, 3.05) is 45.9 Å². The van der Waals surface area contributed by atoms with Crippen molar-refractivity contribution in [3.05, 3.63) is 40.7 Å². The highest BCUT2D eigenvalue weighted by Crippen LogP contribution is 2.21. The summed E-state index contributed by atoms with van der Waals surface area (Å²) in [7, 11) is 0. The van der Waals surface area contributed by atoms with Gasteiger partial charge in [-0.3, -0.25) is 9.69 Å². The number of carbonyl (C=O) groups excluding carboxylic acids is 1. The third-order valence-corrected chi connectivity index (χ3v) is 5.78. The first-order valence-corrected chi connectivity index (χ1v) is 10.3. The minimum Gasteiger partial charge on any atom is -0.379 e. The average molecular weight is 404 g/mol. The zero-order valence-electron chi connectivity index (χ0n) is 16.2. The number of amides is 1. The van der Waals surface area contributed by atoms with Crippen LogP contribution in [-0.4, -0.2) is 76.6 Å². The summed E-state index contributed by atoms with van der Waals surface area (Å²) >= 11 is 6.05. The molecule has 0 N–H and O–H groups in total. The fourth-order valence-corrected chi connectivity index (χ4v) is 4.09. The lowest BCUT2D eigenvalue weighted by Gasteiger charge is -2.35. The summed E-state index contributed by atoms with van der Waals surface area (Å²) in [6.45, 7) is 8.18. The number of aromatic nitrogens is 3. The van der Waals surface area contributed by atoms with Crippen LogP contribution in [0, 0.1) is 12.8 Å². The quantitative estimate of drug-likeness (QED) is 0.784. The molecule has 2 aliphatic heterocycles. The van der Waals surface area contributed by atoms with Crippen molar-refractivity contribution < 1.29 is 9.53 Å². The van der Waals surface area contributed by atoms with Gasteiger partial charge in [0, 0.05) is 37.7 Å². The van der Waals surface area contributed by atoms with Gasteiger partial charge >= 0.3 is 0 Å². The molecule has 0 atom stereocenters. The van der Waals surface area contributed by atoms with Crippen molar-refractivity contribution in [3.8, 4) is 5.69 Å². The van der Waals surface area contributed by atoms with Crippen LogP contribution >= 0.6 is 11.6 Å². The van der Waals surface area contributed by atoms with Gasteiger partial charge in [-0.25, -0.2) is 0 Å². The molecule has 8 heteroatoms. The van der Waals surface area contributed by atoms with Crippen molar-refractivity contribution >= 4 is 17.5 Å². The number of carbonyl (C=O) groups is 1. The van der Waals surface area contributed by atoms with Crippen molar-refractivity contribution in [2.45, 2.75) is 19.8 Å². The molecule has 7 nitrogen and oxygen atoms in total. The molecule has 28 heavy (non-hydrogen) atoms. The van der Waals surface area contributed by atoms with Crippen LogP contribution in [0.15, 0.2) is 24.3 Å². The lowest BCUT2D eigenvalue weighted by molar-refractivity contribution is 0.0242. The first kappa shape index (κ1) is 19.4. The highest BCUT2D eigenvalue weighted by molar-refractivity contribution is 6.30. The van der Waals surface area contributed by atoms with E-state index in [1.807, 2.05) is 24.0 Å². The molecule has 2 saturated heterocycles. The predicted octanol–water partition coefficient (Wildman–Crippen LogP) is 2.41. The number of ether oxygens (including phenoxy) is 1. The Morgan fingerprint density at radius 1 is 1.18 bits per heavy atom. The molecule has 0 spiro atoms. The van der Waals surface area contributed by atoms with Crippen LogP contribution in [0.2, 0.25) is 5.02 Å². The minimum atomic E-state index is -0.0319. The van der Waals surface area contributed by atoms with E-state index < -0.39 is 0 Å². The van der Waals surface area contributed by atoms with Crippen molar-refractivity contribution in [2.24, 2.45) is 5.92 Å². The number of aryl methyl sites for hydroxylation is 1. The number of benzene rings is 1. The van der Waals surface area contributed by atoms with E-state index in [4.69, 9.17) is 16.3 Å². The number of nitrogens with zero attached hydrogens (tertiary/aromatic N) is 5. The van der Waals surface area contributed by atoms with Crippen LogP contribution in [0.3, 0.4) is 0 Å². The fourth-order valence-electron chi connectivity index (χ4n) is 3.91. The molecule has 1 aromatic heterocycles. The number of morpholine rings is 1. The maximum Gasteiger partial charge on any atom is 0.276 e. The van der Waals surface area contributed by atoms with Gasteiger partial charge in [0.25, 0.3) is 5.91 Å². The Morgan fingerprint density at radius 3 is 2.64 bits per heavy atom. The molecule has 4 rings (SSSR count). The van der Waals surface area contributed by atoms with Crippen LogP contribution in [0.4, 0.5) is 0 Å². The smallest absolute Gasteiger partial charge is 0.276 e. The maximum absolute atomic E-state index is 13.0. The summed E-state index contributed by atoms with van der Waals surface area (Å²) in [5.74, 6) is 0.612.